The fraction of sp³-hybridized carbons (Fsp3) is 0.571. The summed E-state index contributed by atoms with van der Waals surface area (Å²) >= 11 is 0. The van der Waals surface area contributed by atoms with Gasteiger partial charge in [0.25, 0.3) is 0 Å². The van der Waals surface area contributed by atoms with Crippen LogP contribution in [0.25, 0.3) is 0 Å². The zero-order valence-corrected chi connectivity index (χ0v) is 23.0. The predicted octanol–water partition coefficient (Wildman–Crippen LogP) is 2.15. The van der Waals surface area contributed by atoms with Gasteiger partial charge in [-0.3, -0.25) is 23.9 Å². The van der Waals surface area contributed by atoms with Crippen LogP contribution in [0.3, 0.4) is 0 Å². The van der Waals surface area contributed by atoms with Crippen LogP contribution in [0.15, 0.2) is 42.5 Å². The highest BCUT2D eigenvalue weighted by atomic mass is 32.2. The summed E-state index contributed by atoms with van der Waals surface area (Å²) in [7, 11) is -4.34. The van der Waals surface area contributed by atoms with Crippen LogP contribution in [0.5, 0.6) is 0 Å². The van der Waals surface area contributed by atoms with Crippen molar-refractivity contribution < 1.29 is 32.7 Å². The zero-order chi connectivity index (χ0) is 28.2. The monoisotopic (exact) mass is 559 g/mol. The highest BCUT2D eigenvalue weighted by Crippen LogP contribution is 2.57. The number of sulfonamides is 1. The van der Waals surface area contributed by atoms with Crippen LogP contribution in [-0.2, 0) is 29.2 Å². The van der Waals surface area contributed by atoms with Crippen LogP contribution in [0.1, 0.15) is 58.3 Å². The summed E-state index contributed by atoms with van der Waals surface area (Å²) < 4.78 is 27.5. The van der Waals surface area contributed by atoms with Gasteiger partial charge < -0.3 is 15.3 Å². The third kappa shape index (κ3) is 7.13. The number of anilines is 1. The lowest BCUT2D eigenvalue weighted by atomic mass is 9.91. The standard InChI is InChI=1S/C28H37N3O7S/c1-19-10-6-3-2-4-7-11-20-15-28(20,16-24(33)23-14-22(32)17-31(23)26(19)35)27(36)30-39(37,38)18-25(34)29-21-12-8-5-9-13-21/h5,7-9,11-13,19-20,22-23,32H,2-4,6,10,14-18H2,1H3,(H,29,34)(H,30,36)/b11-7-/t19-,20-,22+,23-,28+/m0/s1. The molecular formula is C28H37N3O7S. The topological polar surface area (TPSA) is 150 Å². The first kappa shape index (κ1) is 28.9. The highest BCUT2D eigenvalue weighted by Gasteiger charge is 2.61. The fourth-order valence-electron chi connectivity index (χ4n) is 5.65. The molecule has 212 valence electrons. The van der Waals surface area contributed by atoms with Gasteiger partial charge in [-0.1, -0.05) is 50.1 Å². The van der Waals surface area contributed by atoms with Crippen molar-refractivity contribution in [2.75, 3.05) is 17.6 Å². The number of hydrogen-bond donors (Lipinski definition) is 3. The van der Waals surface area contributed by atoms with Crippen LogP contribution in [0, 0.1) is 17.3 Å². The van der Waals surface area contributed by atoms with Crippen LogP contribution < -0.4 is 10.0 Å². The van der Waals surface area contributed by atoms with Gasteiger partial charge in [-0.05, 0) is 43.7 Å². The molecule has 2 heterocycles. The van der Waals surface area contributed by atoms with Gasteiger partial charge in [-0.2, -0.15) is 0 Å². The Morgan fingerprint density at radius 2 is 1.87 bits per heavy atom. The number of aliphatic hydroxyl groups excluding tert-OH is 1. The lowest BCUT2D eigenvalue weighted by Crippen LogP contribution is -2.46. The molecule has 4 rings (SSSR count). The molecule has 0 bridgehead atoms. The van der Waals surface area contributed by atoms with Gasteiger partial charge in [-0.25, -0.2) is 8.42 Å². The van der Waals surface area contributed by atoms with Crippen molar-refractivity contribution in [3.8, 4) is 0 Å². The van der Waals surface area contributed by atoms with Gasteiger partial charge in [-0.15, -0.1) is 0 Å². The number of aliphatic hydroxyl groups is 1. The molecule has 11 heteroatoms. The van der Waals surface area contributed by atoms with E-state index in [-0.39, 0.29) is 49.3 Å². The molecule has 0 unspecified atom stereocenters. The number of rotatable bonds is 5. The number of amides is 3. The minimum Gasteiger partial charge on any atom is -0.391 e. The number of carbonyl (C=O) groups excluding carboxylic acids is 4. The average molecular weight is 560 g/mol. The van der Waals surface area contributed by atoms with Crippen molar-refractivity contribution in [1.82, 2.24) is 9.62 Å². The minimum atomic E-state index is -4.34. The Morgan fingerprint density at radius 1 is 1.13 bits per heavy atom. The first-order valence-electron chi connectivity index (χ1n) is 13.6. The number of para-hydroxylation sites is 1. The van der Waals surface area contributed by atoms with Gasteiger partial charge in [0.15, 0.2) is 5.78 Å². The third-order valence-corrected chi connectivity index (χ3v) is 9.07. The zero-order valence-electron chi connectivity index (χ0n) is 22.2. The van der Waals surface area contributed by atoms with Gasteiger partial charge in [0, 0.05) is 31.0 Å². The Bertz CT molecular complexity index is 1230. The molecule has 1 aromatic carbocycles. The first-order valence-corrected chi connectivity index (χ1v) is 15.2. The number of allylic oxidation sites excluding steroid dienone is 2. The van der Waals surface area contributed by atoms with E-state index in [9.17, 15) is 32.7 Å². The maximum absolute atomic E-state index is 13.5. The van der Waals surface area contributed by atoms with Crippen molar-refractivity contribution in [2.45, 2.75) is 70.4 Å². The van der Waals surface area contributed by atoms with Crippen molar-refractivity contribution >= 4 is 39.2 Å². The molecule has 39 heavy (non-hydrogen) atoms. The van der Waals surface area contributed by atoms with Gasteiger partial charge in [0.2, 0.25) is 27.7 Å². The summed E-state index contributed by atoms with van der Waals surface area (Å²) in [5.41, 5.74) is -0.862. The number of nitrogens with one attached hydrogen (secondary N) is 2. The molecule has 0 radical (unpaired) electrons. The number of nitrogens with zero attached hydrogens (tertiary/aromatic N) is 1. The predicted molar refractivity (Wildman–Crippen MR) is 145 cm³/mol. The van der Waals surface area contributed by atoms with E-state index in [0.717, 1.165) is 25.7 Å². The normalized spacial score (nSPS) is 30.8. The van der Waals surface area contributed by atoms with E-state index in [1.54, 1.807) is 30.3 Å². The molecule has 1 saturated heterocycles. The van der Waals surface area contributed by atoms with E-state index in [2.05, 4.69) is 5.32 Å². The molecule has 1 aromatic rings. The molecule has 5 atom stereocenters. The molecular weight excluding hydrogens is 522 g/mol. The number of benzene rings is 1. The second kappa shape index (κ2) is 12.0. The second-order valence-electron chi connectivity index (χ2n) is 11.1. The largest absolute Gasteiger partial charge is 0.391 e. The summed E-state index contributed by atoms with van der Waals surface area (Å²) in [6.45, 7) is 1.89. The van der Waals surface area contributed by atoms with E-state index in [1.165, 1.54) is 4.90 Å². The maximum atomic E-state index is 13.5. The molecule has 0 spiro atoms. The molecule has 10 nitrogen and oxygen atoms in total. The number of Topliss-reactive ketones (excluding diaryl/α,β-unsaturated/α-hetero) is 1. The van der Waals surface area contributed by atoms with Crippen molar-refractivity contribution in [2.24, 2.45) is 17.3 Å². The first-order chi connectivity index (χ1) is 18.5. The van der Waals surface area contributed by atoms with Crippen LogP contribution in [0.4, 0.5) is 5.69 Å². The summed E-state index contributed by atoms with van der Waals surface area (Å²) in [5.74, 6) is -3.76. The molecule has 1 saturated carbocycles. The second-order valence-corrected chi connectivity index (χ2v) is 12.8. The lowest BCUT2D eigenvalue weighted by molar-refractivity contribution is -0.141. The molecule has 3 amide bonds. The van der Waals surface area contributed by atoms with Crippen molar-refractivity contribution in [1.29, 1.82) is 0 Å². The molecule has 1 aliphatic carbocycles. The SMILES string of the molecule is C[C@H]1CCCCC/C=C\[C@H]2C[C@@]2(C(=O)NS(=O)(=O)CC(=O)Nc2ccccc2)CC(=O)[C@@H]2C[C@@H](O)CN2C1=O. The summed E-state index contributed by atoms with van der Waals surface area (Å²) in [5, 5.41) is 12.8. The summed E-state index contributed by atoms with van der Waals surface area (Å²) in [6, 6.07) is 7.50. The summed E-state index contributed by atoms with van der Waals surface area (Å²) in [6.07, 6.45) is 7.32. The Balaban J connectivity index is 1.50. The van der Waals surface area contributed by atoms with Gasteiger partial charge >= 0.3 is 0 Å². The lowest BCUT2D eigenvalue weighted by Gasteiger charge is -2.27. The Morgan fingerprint density at radius 3 is 2.62 bits per heavy atom. The highest BCUT2D eigenvalue weighted by molar-refractivity contribution is 7.90. The van der Waals surface area contributed by atoms with Crippen molar-refractivity contribution in [3.05, 3.63) is 42.5 Å². The van der Waals surface area contributed by atoms with E-state index in [4.69, 9.17) is 0 Å². The number of hydrogen-bond acceptors (Lipinski definition) is 7. The van der Waals surface area contributed by atoms with Crippen LogP contribution in [-0.4, -0.2) is 66.4 Å². The van der Waals surface area contributed by atoms with Crippen LogP contribution in [0.2, 0.25) is 0 Å². The number of carbonyl (C=O) groups is 4. The smallest absolute Gasteiger partial charge is 0.244 e. The fourth-order valence-corrected chi connectivity index (χ4v) is 6.62. The Hall–Kier alpha value is -3.05. The third-order valence-electron chi connectivity index (χ3n) is 7.93. The Kier molecular flexibility index (Phi) is 8.90. The number of ketones is 1. The van der Waals surface area contributed by atoms with Crippen molar-refractivity contribution in [3.63, 3.8) is 0 Å². The number of fused-ring (bicyclic) bond motifs is 2. The molecule has 3 N–H and O–H groups in total. The molecule has 0 aromatic heterocycles. The van der Waals surface area contributed by atoms with Gasteiger partial charge in [0.1, 0.15) is 5.75 Å². The minimum absolute atomic E-state index is 0.0625. The van der Waals surface area contributed by atoms with E-state index < -0.39 is 45.2 Å². The van der Waals surface area contributed by atoms with Gasteiger partial charge in [0.05, 0.1) is 17.6 Å². The van der Waals surface area contributed by atoms with E-state index >= 15 is 0 Å². The molecule has 3 aliphatic rings. The molecule has 2 fully saturated rings. The summed E-state index contributed by atoms with van der Waals surface area (Å²) in [4.78, 5) is 53.8. The quantitative estimate of drug-likeness (QED) is 0.468. The van der Waals surface area contributed by atoms with E-state index in [0.29, 0.717) is 12.1 Å². The maximum Gasteiger partial charge on any atom is 0.244 e. The Labute approximate surface area is 229 Å². The van der Waals surface area contributed by atoms with E-state index in [1.807, 2.05) is 23.8 Å². The molecule has 2 aliphatic heterocycles. The average Bonchev–Trinajstić information content (AvgIpc) is 3.42. The van der Waals surface area contributed by atoms with Crippen LogP contribution >= 0.6 is 0 Å².